The normalized spacial score (nSPS) is 21.1. The molecule has 2 aliphatic rings. The number of aliphatic hydroxyl groups is 1. The zero-order valence-electron chi connectivity index (χ0n) is 25.0. The van der Waals surface area contributed by atoms with Crippen LogP contribution in [0.15, 0.2) is 53.4 Å². The average Bonchev–Trinajstić information content (AvgIpc) is 3.64. The van der Waals surface area contributed by atoms with E-state index >= 15 is 0 Å². The van der Waals surface area contributed by atoms with E-state index in [0.717, 1.165) is 5.56 Å². The molecule has 0 spiro atoms. The molecule has 2 N–H and O–H groups in total. The highest BCUT2D eigenvalue weighted by Gasteiger charge is 2.44. The van der Waals surface area contributed by atoms with Gasteiger partial charge in [0.2, 0.25) is 10.0 Å². The summed E-state index contributed by atoms with van der Waals surface area (Å²) in [7, 11) is -4.42. The van der Waals surface area contributed by atoms with E-state index in [1.54, 1.807) is 24.3 Å². The molecular weight excluding hydrogens is 646 g/mol. The van der Waals surface area contributed by atoms with E-state index in [2.05, 4.69) is 5.32 Å². The molecule has 0 bridgehead atoms. The number of hydrogen-bond donors (Lipinski definition) is 2. The van der Waals surface area contributed by atoms with Crippen LogP contribution in [0.2, 0.25) is 0 Å². The second-order valence-electron chi connectivity index (χ2n) is 11.1. The summed E-state index contributed by atoms with van der Waals surface area (Å²) in [5, 5.41) is 14.3. The molecule has 2 saturated heterocycles. The van der Waals surface area contributed by atoms with Crippen LogP contribution in [0.25, 0.3) is 0 Å². The molecule has 13 nitrogen and oxygen atoms in total. The number of fused-ring (bicyclic) bond motifs is 1. The molecule has 45 heavy (non-hydrogen) atoms. The lowest BCUT2D eigenvalue weighted by molar-refractivity contribution is -0.0907. The lowest BCUT2D eigenvalue weighted by atomic mass is 10.0. The van der Waals surface area contributed by atoms with E-state index < -0.39 is 40.7 Å². The molecule has 246 valence electrons. The fourth-order valence-electron chi connectivity index (χ4n) is 5.20. The molecule has 2 aromatic rings. The number of hydrogen-bond acceptors (Lipinski definition) is 11. The van der Waals surface area contributed by atoms with Gasteiger partial charge in [0.1, 0.15) is 17.6 Å². The van der Waals surface area contributed by atoms with Gasteiger partial charge in [0.25, 0.3) is 0 Å². The second-order valence-corrected chi connectivity index (χ2v) is 14.1. The van der Waals surface area contributed by atoms with Crippen molar-refractivity contribution in [2.24, 2.45) is 11.8 Å². The number of amides is 1. The van der Waals surface area contributed by atoms with Crippen LogP contribution < -0.4 is 14.8 Å². The molecule has 2 fully saturated rings. The highest BCUT2D eigenvalue weighted by Crippen LogP contribution is 2.33. The van der Waals surface area contributed by atoms with Gasteiger partial charge in [0.15, 0.2) is 35.9 Å². The van der Waals surface area contributed by atoms with Gasteiger partial charge < -0.3 is 34.1 Å². The van der Waals surface area contributed by atoms with E-state index in [4.69, 9.17) is 23.7 Å². The van der Waals surface area contributed by atoms with Gasteiger partial charge in [0, 0.05) is 13.1 Å². The van der Waals surface area contributed by atoms with Crippen molar-refractivity contribution in [3.05, 3.63) is 54.1 Å². The van der Waals surface area contributed by atoms with Crippen molar-refractivity contribution in [1.29, 1.82) is 0 Å². The minimum Gasteiger partial charge on any atom is -0.481 e. The Bertz CT molecular complexity index is 1380. The summed E-state index contributed by atoms with van der Waals surface area (Å²) in [5.41, 5.74) is 0.728. The molecule has 0 aliphatic carbocycles. The quantitative estimate of drug-likeness (QED) is 0.231. The van der Waals surface area contributed by atoms with Crippen molar-refractivity contribution in [3.8, 4) is 11.5 Å². The molecule has 2 aliphatic heterocycles. The maximum atomic E-state index is 13.7. The van der Waals surface area contributed by atoms with Gasteiger partial charge in [0.05, 0.1) is 36.2 Å². The number of nitrogens with one attached hydrogen (secondary N) is 1. The van der Waals surface area contributed by atoms with E-state index in [0.29, 0.717) is 24.5 Å². The highest BCUT2D eigenvalue weighted by atomic mass is 32.2. The van der Waals surface area contributed by atoms with Crippen molar-refractivity contribution in [2.75, 3.05) is 39.0 Å². The van der Waals surface area contributed by atoms with Crippen LogP contribution in [0.4, 0.5) is 4.79 Å². The third kappa shape index (κ3) is 9.89. The van der Waals surface area contributed by atoms with Gasteiger partial charge in [-0.3, -0.25) is 9.13 Å². The van der Waals surface area contributed by atoms with E-state index in [1.165, 1.54) is 28.6 Å². The lowest BCUT2D eigenvalue weighted by Crippen LogP contribution is -2.51. The SMILES string of the molecule is CC(C)CN(C[C@@H](O)[C@H](Cc1ccc(OCP=O)cc1)NC(=O)OC1CO[C@H]2OCC[C@@H]12)S(=O)(=O)c1ccc(OCP=O)cc1. The average molecular weight is 685 g/mol. The molecule has 1 amide bonds. The number of aliphatic hydroxyl groups excluding tert-OH is 1. The van der Waals surface area contributed by atoms with Gasteiger partial charge >= 0.3 is 6.09 Å². The van der Waals surface area contributed by atoms with Gasteiger partial charge in [-0.15, -0.1) is 0 Å². The number of sulfonamides is 1. The predicted octanol–water partition coefficient (Wildman–Crippen LogP) is 4.05. The summed E-state index contributed by atoms with van der Waals surface area (Å²) >= 11 is 0. The third-order valence-electron chi connectivity index (χ3n) is 7.38. The van der Waals surface area contributed by atoms with Crippen LogP contribution in [0.5, 0.6) is 11.5 Å². The van der Waals surface area contributed by atoms with Gasteiger partial charge in [-0.25, -0.2) is 13.2 Å². The minimum atomic E-state index is -4.07. The van der Waals surface area contributed by atoms with Crippen LogP contribution in [0, 0.1) is 11.8 Å². The minimum absolute atomic E-state index is 0.00158. The molecule has 0 saturated carbocycles. The largest absolute Gasteiger partial charge is 0.481 e. The second kappa shape index (κ2) is 16.7. The third-order valence-corrected chi connectivity index (χ3v) is 9.69. The molecule has 2 aromatic carbocycles. The maximum absolute atomic E-state index is 13.7. The first-order valence-corrected chi connectivity index (χ1v) is 18.0. The van der Waals surface area contributed by atoms with E-state index in [1.807, 2.05) is 13.8 Å². The topological polar surface area (TPSA) is 167 Å². The summed E-state index contributed by atoms with van der Waals surface area (Å²) in [6.07, 6.45) is -2.23. The standard InChI is InChI=1S/C29H38N2O11P2S/c1-19(2)14-31(45(36,37)23-9-7-22(8-10-23)41-18-44-35)15-26(32)25(13-20-3-5-21(6-4-20)40-17-43-34)30-29(33)42-27-16-39-28-24(27)11-12-38-28/h3-10,19,24-28,32H,11-18H2,1-2H3,(H,30,33)/t24-,25-,26+,27?,28+/m0/s1. The number of carbonyl (C=O) groups is 1. The first kappa shape index (κ1) is 35.2. The Hall–Kier alpha value is -2.70. The van der Waals surface area contributed by atoms with E-state index in [9.17, 15) is 27.4 Å². The van der Waals surface area contributed by atoms with Crippen LogP contribution >= 0.6 is 16.9 Å². The molecule has 0 aromatic heterocycles. The zero-order chi connectivity index (χ0) is 32.4. The Morgan fingerprint density at radius 3 is 2.22 bits per heavy atom. The molecular formula is C29H38N2O11P2S. The van der Waals surface area contributed by atoms with Crippen molar-refractivity contribution in [2.45, 2.75) is 56.1 Å². The van der Waals surface area contributed by atoms with Crippen LogP contribution in [0.1, 0.15) is 25.8 Å². The molecule has 5 atom stereocenters. The summed E-state index contributed by atoms with van der Waals surface area (Å²) < 4.78 is 77.5. The fourth-order valence-corrected chi connectivity index (χ4v) is 7.23. The molecule has 4 rings (SSSR count). The number of alkyl carbamates (subject to hydrolysis) is 1. The van der Waals surface area contributed by atoms with Crippen LogP contribution in [-0.2, 0) is 39.8 Å². The van der Waals surface area contributed by atoms with Crippen molar-refractivity contribution < 1.29 is 51.1 Å². The Kier molecular flexibility index (Phi) is 13.1. The molecule has 0 radical (unpaired) electrons. The molecule has 1 unspecified atom stereocenters. The summed E-state index contributed by atoms with van der Waals surface area (Å²) in [6.45, 7) is 4.23. The fraction of sp³-hybridized carbons (Fsp3) is 0.552. The van der Waals surface area contributed by atoms with Gasteiger partial charge in [-0.05, 0) is 60.7 Å². The summed E-state index contributed by atoms with van der Waals surface area (Å²) in [6, 6.07) is 11.6. The molecule has 2 heterocycles. The first-order chi connectivity index (χ1) is 21.6. The Morgan fingerprint density at radius 1 is 1.00 bits per heavy atom. The molecule has 16 heteroatoms. The number of carbonyl (C=O) groups excluding carboxylic acids is 1. The van der Waals surface area contributed by atoms with Crippen molar-refractivity contribution in [3.63, 3.8) is 0 Å². The number of rotatable bonds is 17. The Morgan fingerprint density at radius 2 is 1.62 bits per heavy atom. The predicted molar refractivity (Wildman–Crippen MR) is 163 cm³/mol. The van der Waals surface area contributed by atoms with Crippen molar-refractivity contribution >= 4 is 33.0 Å². The first-order valence-electron chi connectivity index (χ1n) is 14.5. The zero-order valence-corrected chi connectivity index (χ0v) is 27.6. The summed E-state index contributed by atoms with van der Waals surface area (Å²) in [4.78, 5) is 13.1. The van der Waals surface area contributed by atoms with Gasteiger partial charge in [-0.1, -0.05) is 26.0 Å². The van der Waals surface area contributed by atoms with Crippen LogP contribution in [-0.4, -0.2) is 87.5 Å². The van der Waals surface area contributed by atoms with Gasteiger partial charge in [-0.2, -0.15) is 4.31 Å². The summed E-state index contributed by atoms with van der Waals surface area (Å²) in [5.74, 6) is 0.706. The van der Waals surface area contributed by atoms with Crippen LogP contribution in [0.3, 0.4) is 0 Å². The highest BCUT2D eigenvalue weighted by molar-refractivity contribution is 7.89. The smallest absolute Gasteiger partial charge is 0.407 e. The monoisotopic (exact) mass is 684 g/mol. The van der Waals surface area contributed by atoms with Crippen molar-refractivity contribution in [1.82, 2.24) is 9.62 Å². The lowest BCUT2D eigenvalue weighted by Gasteiger charge is -2.31. The number of nitrogens with zero attached hydrogens (tertiary/aromatic N) is 1. The Labute approximate surface area is 266 Å². The number of benzene rings is 2. The maximum Gasteiger partial charge on any atom is 0.407 e. The van der Waals surface area contributed by atoms with E-state index in [-0.39, 0.29) is 72.5 Å². The number of ether oxygens (including phenoxy) is 5. The Balaban J connectivity index is 1.52.